The van der Waals surface area contributed by atoms with Gasteiger partial charge in [-0.05, 0) is 83.8 Å². The Morgan fingerprint density at radius 1 is 0.683 bits per heavy atom. The van der Waals surface area contributed by atoms with Gasteiger partial charge in [0.25, 0.3) is 5.88 Å². The van der Waals surface area contributed by atoms with Crippen LogP contribution in [0.1, 0.15) is 95.8 Å². The highest BCUT2D eigenvalue weighted by Crippen LogP contribution is 2.31. The Morgan fingerprint density at radius 3 is 1.57 bits per heavy atom. The van der Waals surface area contributed by atoms with Crippen LogP contribution in [0.3, 0.4) is 0 Å². The number of anilines is 3. The van der Waals surface area contributed by atoms with Crippen LogP contribution in [0.5, 0.6) is 5.88 Å². The highest BCUT2D eigenvalue weighted by Gasteiger charge is 2.35. The zero-order valence-corrected chi connectivity index (χ0v) is 36.1. The largest absolute Gasteiger partial charge is 0.471 e. The van der Waals surface area contributed by atoms with Gasteiger partial charge in [-0.15, -0.1) is 0 Å². The van der Waals surface area contributed by atoms with Gasteiger partial charge in [-0.25, -0.2) is 31.9 Å². The van der Waals surface area contributed by atoms with Gasteiger partial charge < -0.3 is 33.4 Å². The molecular formula is C45H52F4N4O10. The Morgan fingerprint density at radius 2 is 1.14 bits per heavy atom. The molecular weight excluding hydrogens is 833 g/mol. The number of aromatic nitrogens is 1. The van der Waals surface area contributed by atoms with Crippen LogP contribution in [0.4, 0.5) is 49.0 Å². The van der Waals surface area contributed by atoms with Gasteiger partial charge in [0.15, 0.2) is 6.10 Å². The first-order chi connectivity index (χ1) is 29.9. The Labute approximate surface area is 362 Å². The van der Waals surface area contributed by atoms with E-state index in [-0.39, 0.29) is 84.7 Å². The summed E-state index contributed by atoms with van der Waals surface area (Å²) in [7, 11) is 0. The molecule has 0 radical (unpaired) electrons. The first-order valence-corrected chi connectivity index (χ1v) is 20.5. The smallest absolute Gasteiger partial charge is 0.414 e. The molecule has 3 aromatic carbocycles. The summed E-state index contributed by atoms with van der Waals surface area (Å²) in [6.45, 7) is 13.1. The third kappa shape index (κ3) is 12.3. The van der Waals surface area contributed by atoms with E-state index in [0.717, 1.165) is 12.1 Å². The van der Waals surface area contributed by atoms with Crippen molar-refractivity contribution in [2.75, 3.05) is 47.5 Å². The lowest BCUT2D eigenvalue weighted by Crippen LogP contribution is -2.27. The second kappa shape index (κ2) is 21.3. The molecule has 7 rings (SSSR count). The molecule has 4 aromatic rings. The number of aliphatic hydroxyl groups is 1. The minimum atomic E-state index is -0.685. The average Bonchev–Trinajstić information content (AvgIpc) is 4.03. The number of halogens is 4. The molecule has 3 fully saturated rings. The average molecular weight is 885 g/mol. The zero-order valence-electron chi connectivity index (χ0n) is 36.1. The Bertz CT molecular complexity index is 2220. The summed E-state index contributed by atoms with van der Waals surface area (Å²) < 4.78 is 81.2. The second-order valence-electron chi connectivity index (χ2n) is 16.1. The van der Waals surface area contributed by atoms with Gasteiger partial charge in [-0.3, -0.25) is 14.7 Å². The fourth-order valence-electron chi connectivity index (χ4n) is 6.93. The van der Waals surface area contributed by atoms with Crippen LogP contribution in [-0.2, 0) is 19.0 Å². The topological polar surface area (TPSA) is 161 Å². The quantitative estimate of drug-likeness (QED) is 0.101. The van der Waals surface area contributed by atoms with E-state index in [1.807, 2.05) is 27.7 Å². The number of benzene rings is 3. The van der Waals surface area contributed by atoms with Crippen LogP contribution in [0.15, 0.2) is 65.4 Å². The van der Waals surface area contributed by atoms with Gasteiger partial charge >= 0.3 is 18.3 Å². The van der Waals surface area contributed by atoms with E-state index < -0.39 is 42.1 Å². The Balaban J connectivity index is 0.000000180. The van der Waals surface area contributed by atoms with Gasteiger partial charge in [-0.2, -0.15) is 0 Å². The van der Waals surface area contributed by atoms with Gasteiger partial charge in [-0.1, -0.05) is 53.7 Å². The maximum Gasteiger partial charge on any atom is 0.414 e. The molecule has 0 spiro atoms. The number of ketones is 1. The minimum absolute atomic E-state index is 0.00257. The molecule has 3 aliphatic rings. The lowest BCUT2D eigenvalue weighted by Gasteiger charge is -2.16. The van der Waals surface area contributed by atoms with Crippen LogP contribution >= 0.6 is 0 Å². The zero-order chi connectivity index (χ0) is 46.1. The summed E-state index contributed by atoms with van der Waals surface area (Å²) >= 11 is 0. The fourth-order valence-corrected chi connectivity index (χ4v) is 6.93. The van der Waals surface area contributed by atoms with Gasteiger partial charge in [0.05, 0.1) is 43.3 Å². The van der Waals surface area contributed by atoms with E-state index in [9.17, 15) is 36.7 Å². The van der Waals surface area contributed by atoms with E-state index >= 15 is 0 Å². The summed E-state index contributed by atoms with van der Waals surface area (Å²) in [5, 5.41) is 12.5. The van der Waals surface area contributed by atoms with E-state index in [4.69, 9.17) is 24.1 Å². The molecule has 3 unspecified atom stereocenters. The van der Waals surface area contributed by atoms with Crippen LogP contribution in [0.2, 0.25) is 0 Å². The first-order valence-electron chi connectivity index (χ1n) is 20.5. The number of cyclic esters (lactones) is 3. The van der Waals surface area contributed by atoms with E-state index in [2.05, 4.69) is 9.68 Å². The molecule has 18 heteroatoms. The van der Waals surface area contributed by atoms with Crippen molar-refractivity contribution in [2.45, 2.75) is 97.4 Å². The summed E-state index contributed by atoms with van der Waals surface area (Å²) in [6, 6.07) is 13.3. The number of hydrogen-bond donors (Lipinski definition) is 1. The second-order valence-corrected chi connectivity index (χ2v) is 16.1. The van der Waals surface area contributed by atoms with Gasteiger partial charge in [0, 0.05) is 18.1 Å². The Hall–Kier alpha value is -6.17. The molecule has 3 atom stereocenters. The van der Waals surface area contributed by atoms with Crippen molar-refractivity contribution in [3.8, 4) is 5.88 Å². The standard InChI is InChI=1S/C16H16F2N2O4.C16H20FNO3.C13H16FNO3/c1-9(2)15-12(17)5-10(6-13(15)18)20-7-11(24-16(20)21)8-22-14-3-4-23-19-14;1-10(2)14-7-5-12(8-15(14)17)18-9-13(21-16(18)20)6-4-11(3)19;1-8(2)11-4-3-9(5-12(11)14)15-6-10(7-16)18-13(15)17/h3-6,9,11H,7-8H2,1-2H3;5,7-8,10,13H,4,6,9H2,1-3H3;3-5,8,10,16H,6-7H2,1-2H3. The van der Waals surface area contributed by atoms with Crippen molar-refractivity contribution >= 4 is 41.1 Å². The van der Waals surface area contributed by atoms with Crippen molar-refractivity contribution < 1.29 is 65.3 Å². The molecule has 0 bridgehead atoms. The molecule has 4 heterocycles. The molecule has 0 aliphatic carbocycles. The maximum atomic E-state index is 14.1. The highest BCUT2D eigenvalue weighted by molar-refractivity contribution is 5.91. The number of rotatable bonds is 13. The minimum Gasteiger partial charge on any atom is -0.471 e. The molecule has 1 N–H and O–H groups in total. The molecule has 14 nitrogen and oxygen atoms in total. The summed E-state index contributed by atoms with van der Waals surface area (Å²) in [5.41, 5.74) is 2.30. The van der Waals surface area contributed by atoms with Gasteiger partial charge in [0.1, 0.15) is 54.1 Å². The predicted octanol–water partition coefficient (Wildman–Crippen LogP) is 9.39. The number of carbonyl (C=O) groups is 4. The third-order valence-corrected chi connectivity index (χ3v) is 10.3. The number of Topliss-reactive ketones (excluding diaryl/α,β-unsaturated/α-hetero) is 1. The monoisotopic (exact) mass is 884 g/mol. The highest BCUT2D eigenvalue weighted by atomic mass is 19.1. The van der Waals surface area contributed by atoms with E-state index in [1.165, 1.54) is 46.1 Å². The molecule has 340 valence electrons. The number of aliphatic hydroxyl groups excluding tert-OH is 1. The molecule has 3 saturated heterocycles. The predicted molar refractivity (Wildman–Crippen MR) is 223 cm³/mol. The molecule has 0 saturated carbocycles. The third-order valence-electron chi connectivity index (χ3n) is 10.3. The van der Waals surface area contributed by atoms with Crippen molar-refractivity contribution in [1.29, 1.82) is 0 Å². The number of amides is 3. The van der Waals surface area contributed by atoms with Crippen LogP contribution in [0.25, 0.3) is 0 Å². The maximum absolute atomic E-state index is 14.1. The summed E-state index contributed by atoms with van der Waals surface area (Å²) in [6.07, 6.45) is -0.906. The summed E-state index contributed by atoms with van der Waals surface area (Å²) in [5.74, 6) is -1.80. The van der Waals surface area contributed by atoms with Crippen molar-refractivity contribution in [3.05, 3.63) is 101 Å². The summed E-state index contributed by atoms with van der Waals surface area (Å²) in [4.78, 5) is 50.2. The number of nitrogens with zero attached hydrogens (tertiary/aromatic N) is 4. The van der Waals surface area contributed by atoms with E-state index in [0.29, 0.717) is 41.9 Å². The van der Waals surface area contributed by atoms with Crippen LogP contribution in [0, 0.1) is 23.3 Å². The van der Waals surface area contributed by atoms with Crippen LogP contribution < -0.4 is 19.4 Å². The van der Waals surface area contributed by atoms with Crippen LogP contribution in [-0.4, -0.2) is 85.5 Å². The molecule has 63 heavy (non-hydrogen) atoms. The number of carbonyl (C=O) groups excluding carboxylic acids is 4. The molecule has 1 aromatic heterocycles. The van der Waals surface area contributed by atoms with E-state index in [1.54, 1.807) is 38.1 Å². The first kappa shape index (κ1) is 47.9. The molecule has 3 aliphatic heterocycles. The number of ether oxygens (including phenoxy) is 4. The lowest BCUT2D eigenvalue weighted by molar-refractivity contribution is -0.117. The SMILES string of the molecule is CC(=O)CCC1CN(c2ccc(C(C)C)c(F)c2)C(=O)O1.CC(C)c1c(F)cc(N2CC(COc3ccon3)OC2=O)cc1F.CC(C)c1ccc(N2CC(CO)OC2=O)cc1F. The Kier molecular flexibility index (Phi) is 16.2. The van der Waals surface area contributed by atoms with Crippen molar-refractivity contribution in [2.24, 2.45) is 0 Å². The molecule has 3 amide bonds. The van der Waals surface area contributed by atoms with Gasteiger partial charge in [0.2, 0.25) is 0 Å². The number of hydrogen-bond acceptors (Lipinski definition) is 11. The van der Waals surface area contributed by atoms with Crippen molar-refractivity contribution in [1.82, 2.24) is 5.16 Å². The lowest BCUT2D eigenvalue weighted by atomic mass is 10.0. The fraction of sp³-hybridized carbons (Fsp3) is 0.444. The van der Waals surface area contributed by atoms with Crippen molar-refractivity contribution in [3.63, 3.8) is 0 Å². The normalized spacial score (nSPS) is 18.3.